The van der Waals surface area contributed by atoms with Crippen molar-refractivity contribution in [3.05, 3.63) is 122 Å². The van der Waals surface area contributed by atoms with Crippen molar-refractivity contribution in [2.24, 2.45) is 0 Å². The van der Waals surface area contributed by atoms with Gasteiger partial charge in [-0.05, 0) is 116 Å². The van der Waals surface area contributed by atoms with Crippen LogP contribution in [0.1, 0.15) is 220 Å². The number of rotatable bonds is 46. The van der Waals surface area contributed by atoms with E-state index in [0.29, 0.717) is 19.3 Å². The van der Waals surface area contributed by atoms with Gasteiger partial charge in [0.15, 0.2) is 6.10 Å². The van der Waals surface area contributed by atoms with Crippen LogP contribution in [0.4, 0.5) is 0 Å². The summed E-state index contributed by atoms with van der Waals surface area (Å²) in [4.78, 5) is 38.0. The van der Waals surface area contributed by atoms with Crippen LogP contribution < -0.4 is 0 Å². The van der Waals surface area contributed by atoms with Gasteiger partial charge in [-0.1, -0.05) is 206 Å². The topological polar surface area (TPSA) is 78.9 Å². The van der Waals surface area contributed by atoms with E-state index in [9.17, 15) is 14.4 Å². The van der Waals surface area contributed by atoms with Crippen molar-refractivity contribution >= 4 is 17.9 Å². The number of allylic oxidation sites excluding steroid dienone is 20. The Morgan fingerprint density at radius 1 is 0.318 bits per heavy atom. The summed E-state index contributed by atoms with van der Waals surface area (Å²) in [7, 11) is 0. The predicted octanol–water partition coefficient (Wildman–Crippen LogP) is 17.7. The Labute approximate surface area is 405 Å². The molecule has 0 aliphatic heterocycles. The van der Waals surface area contributed by atoms with E-state index in [-0.39, 0.29) is 44.0 Å². The van der Waals surface area contributed by atoms with Crippen molar-refractivity contribution in [2.45, 2.75) is 226 Å². The first-order chi connectivity index (χ1) is 32.5. The summed E-state index contributed by atoms with van der Waals surface area (Å²) in [6.07, 6.45) is 73.4. The van der Waals surface area contributed by atoms with E-state index in [1.54, 1.807) is 0 Å². The Bertz CT molecular complexity index is 1420. The number of hydrogen-bond acceptors (Lipinski definition) is 6. The fourth-order valence-corrected chi connectivity index (χ4v) is 6.77. The van der Waals surface area contributed by atoms with Gasteiger partial charge in [-0.3, -0.25) is 14.4 Å². The molecule has 0 spiro atoms. The van der Waals surface area contributed by atoms with Gasteiger partial charge >= 0.3 is 17.9 Å². The predicted molar refractivity (Wildman–Crippen MR) is 283 cm³/mol. The SMILES string of the molecule is CC/C=C\C/C=C\C/C=C\C/C=C\C/C=C\CCC(=O)OCC(COC(=O)CCCCCCC/C=C\CCCCCCCCC)OC(=O)CCCCC/C=C\C/C=C\C/C=C\C/C=C\CC. The minimum Gasteiger partial charge on any atom is -0.462 e. The van der Waals surface area contributed by atoms with Gasteiger partial charge < -0.3 is 14.2 Å². The van der Waals surface area contributed by atoms with Crippen molar-refractivity contribution in [3.63, 3.8) is 0 Å². The highest BCUT2D eigenvalue weighted by Gasteiger charge is 2.19. The zero-order valence-corrected chi connectivity index (χ0v) is 42.4. The quantitative estimate of drug-likeness (QED) is 0.0262. The van der Waals surface area contributed by atoms with Gasteiger partial charge in [0.1, 0.15) is 13.2 Å². The van der Waals surface area contributed by atoms with E-state index < -0.39 is 6.10 Å². The second-order valence-electron chi connectivity index (χ2n) is 17.0. The summed E-state index contributed by atoms with van der Waals surface area (Å²) in [5.41, 5.74) is 0. The number of unbranched alkanes of at least 4 members (excludes halogenated alkanes) is 15. The lowest BCUT2D eigenvalue weighted by Gasteiger charge is -2.18. The summed E-state index contributed by atoms with van der Waals surface area (Å²) in [5.74, 6) is -1.05. The molecule has 0 saturated carbocycles. The third-order valence-corrected chi connectivity index (χ3v) is 10.7. The van der Waals surface area contributed by atoms with Crippen molar-refractivity contribution in [2.75, 3.05) is 13.2 Å². The Hall–Kier alpha value is -4.19. The summed E-state index contributed by atoms with van der Waals surface area (Å²) in [6, 6.07) is 0. The lowest BCUT2D eigenvalue weighted by atomic mass is 10.1. The van der Waals surface area contributed by atoms with Crippen molar-refractivity contribution in [1.82, 2.24) is 0 Å². The van der Waals surface area contributed by atoms with Gasteiger partial charge in [0.05, 0.1) is 0 Å². The molecule has 0 aliphatic carbocycles. The van der Waals surface area contributed by atoms with Crippen LogP contribution in [-0.4, -0.2) is 37.2 Å². The molecular formula is C60H96O6. The Balaban J connectivity index is 4.58. The third kappa shape index (κ3) is 50.8. The van der Waals surface area contributed by atoms with Crippen LogP contribution >= 0.6 is 0 Å². The lowest BCUT2D eigenvalue weighted by molar-refractivity contribution is -0.166. The number of esters is 3. The summed E-state index contributed by atoms with van der Waals surface area (Å²) >= 11 is 0. The molecule has 0 rings (SSSR count). The van der Waals surface area contributed by atoms with Crippen LogP contribution in [0.3, 0.4) is 0 Å². The van der Waals surface area contributed by atoms with Crippen LogP contribution in [0.5, 0.6) is 0 Å². The van der Waals surface area contributed by atoms with E-state index in [0.717, 1.165) is 109 Å². The average molecular weight is 913 g/mol. The molecule has 6 nitrogen and oxygen atoms in total. The molecule has 0 radical (unpaired) electrons. The fraction of sp³-hybridized carbons (Fsp3) is 0.617. The van der Waals surface area contributed by atoms with Crippen LogP contribution in [0.25, 0.3) is 0 Å². The van der Waals surface area contributed by atoms with Gasteiger partial charge in [0.25, 0.3) is 0 Å². The van der Waals surface area contributed by atoms with Crippen molar-refractivity contribution in [3.8, 4) is 0 Å². The van der Waals surface area contributed by atoms with Gasteiger partial charge in [-0.25, -0.2) is 0 Å². The summed E-state index contributed by atoms with van der Waals surface area (Å²) < 4.78 is 16.7. The second kappa shape index (κ2) is 53.4. The van der Waals surface area contributed by atoms with Gasteiger partial charge in [-0.15, -0.1) is 0 Å². The first-order valence-electron chi connectivity index (χ1n) is 26.5. The molecule has 0 aromatic heterocycles. The maximum Gasteiger partial charge on any atom is 0.306 e. The normalized spacial score (nSPS) is 13.1. The number of hydrogen-bond donors (Lipinski definition) is 0. The number of carbonyl (C=O) groups excluding carboxylic acids is 3. The standard InChI is InChI=1S/C60H96O6/c1-4-7-10-13-16-19-22-25-28-31-34-37-40-43-46-49-52-58(61)64-55-57(66-60(63)54-51-48-45-42-39-36-33-30-27-24-21-18-15-12-9-6-3)56-65-59(62)53-50-47-44-41-38-35-32-29-26-23-20-17-14-11-8-5-2/h7,9-10,12,16,18-19,21,25,27-30,32,34,36-37,39,43,46,57H,4-6,8,11,13-15,17,20,22-24,26,31,33,35,38,40-42,44-45,47-56H2,1-3H3/b10-7-,12-9-,19-16-,21-18-,28-25-,30-27-,32-29-,37-34-,39-36-,46-43-. The Morgan fingerprint density at radius 3 is 1.05 bits per heavy atom. The molecule has 6 heteroatoms. The maximum atomic E-state index is 12.8. The minimum atomic E-state index is -0.831. The van der Waals surface area contributed by atoms with Gasteiger partial charge in [0.2, 0.25) is 0 Å². The first-order valence-corrected chi connectivity index (χ1v) is 26.5. The van der Waals surface area contributed by atoms with E-state index in [4.69, 9.17) is 14.2 Å². The maximum absolute atomic E-state index is 12.8. The average Bonchev–Trinajstić information content (AvgIpc) is 3.31. The highest BCUT2D eigenvalue weighted by Crippen LogP contribution is 2.12. The van der Waals surface area contributed by atoms with E-state index in [2.05, 4.69) is 130 Å². The van der Waals surface area contributed by atoms with Crippen molar-refractivity contribution < 1.29 is 28.6 Å². The summed E-state index contributed by atoms with van der Waals surface area (Å²) in [6.45, 7) is 6.29. The molecule has 66 heavy (non-hydrogen) atoms. The molecule has 0 bridgehead atoms. The van der Waals surface area contributed by atoms with Crippen LogP contribution in [0.15, 0.2) is 122 Å². The molecule has 0 heterocycles. The molecule has 1 unspecified atom stereocenters. The largest absolute Gasteiger partial charge is 0.462 e. The fourth-order valence-electron chi connectivity index (χ4n) is 6.77. The third-order valence-electron chi connectivity index (χ3n) is 10.7. The summed E-state index contributed by atoms with van der Waals surface area (Å²) in [5, 5.41) is 0. The van der Waals surface area contributed by atoms with Crippen LogP contribution in [0.2, 0.25) is 0 Å². The smallest absolute Gasteiger partial charge is 0.306 e. The molecule has 0 aliphatic rings. The van der Waals surface area contributed by atoms with E-state index in [1.165, 1.54) is 57.8 Å². The monoisotopic (exact) mass is 913 g/mol. The van der Waals surface area contributed by atoms with Crippen molar-refractivity contribution in [1.29, 1.82) is 0 Å². The van der Waals surface area contributed by atoms with Crippen LogP contribution in [-0.2, 0) is 28.6 Å². The molecule has 0 fully saturated rings. The molecule has 1 atom stereocenters. The molecule has 0 amide bonds. The molecular weight excluding hydrogens is 817 g/mol. The van der Waals surface area contributed by atoms with Crippen LogP contribution in [0, 0.1) is 0 Å². The second-order valence-corrected chi connectivity index (χ2v) is 17.0. The molecule has 0 aromatic carbocycles. The molecule has 0 saturated heterocycles. The number of ether oxygens (including phenoxy) is 3. The zero-order chi connectivity index (χ0) is 47.9. The highest BCUT2D eigenvalue weighted by atomic mass is 16.6. The van der Waals surface area contributed by atoms with Gasteiger partial charge in [0, 0.05) is 19.3 Å². The molecule has 0 N–H and O–H groups in total. The highest BCUT2D eigenvalue weighted by molar-refractivity contribution is 5.71. The van der Waals surface area contributed by atoms with E-state index in [1.807, 2.05) is 12.2 Å². The molecule has 0 aromatic rings. The molecule has 372 valence electrons. The van der Waals surface area contributed by atoms with E-state index >= 15 is 0 Å². The zero-order valence-electron chi connectivity index (χ0n) is 42.4. The Kier molecular flexibility index (Phi) is 50.0. The lowest BCUT2D eigenvalue weighted by Crippen LogP contribution is -2.30. The number of carbonyl (C=O) groups is 3. The minimum absolute atomic E-state index is 0.121. The Morgan fingerprint density at radius 2 is 0.621 bits per heavy atom. The van der Waals surface area contributed by atoms with Gasteiger partial charge in [-0.2, -0.15) is 0 Å². The first kappa shape index (κ1) is 61.8.